The average Bonchev–Trinajstić information content (AvgIpc) is 2.70. The van der Waals surface area contributed by atoms with Gasteiger partial charge in [-0.3, -0.25) is 9.59 Å². The molecule has 1 rings (SSSR count). The maximum absolute atomic E-state index is 11.5. The summed E-state index contributed by atoms with van der Waals surface area (Å²) >= 11 is 0. The molecule has 0 spiro atoms. The Bertz CT molecular complexity index is 247. The minimum absolute atomic E-state index is 0.00611. The van der Waals surface area contributed by atoms with Gasteiger partial charge in [0.25, 0.3) is 0 Å². The van der Waals surface area contributed by atoms with Crippen LogP contribution in [0.5, 0.6) is 0 Å². The number of carbonyl (C=O) groups is 2. The minimum Gasteiger partial charge on any atom is -0.481 e. The first-order valence-electron chi connectivity index (χ1n) is 6.15. The fourth-order valence-corrected chi connectivity index (χ4v) is 2.18. The van der Waals surface area contributed by atoms with Gasteiger partial charge in [-0.2, -0.15) is 0 Å². The smallest absolute Gasteiger partial charge is 0.306 e. The van der Waals surface area contributed by atoms with Gasteiger partial charge in [-0.15, -0.1) is 0 Å². The van der Waals surface area contributed by atoms with Crippen molar-refractivity contribution < 1.29 is 14.7 Å². The van der Waals surface area contributed by atoms with E-state index < -0.39 is 5.97 Å². The van der Waals surface area contributed by atoms with Gasteiger partial charge in [0.05, 0.1) is 5.92 Å². The summed E-state index contributed by atoms with van der Waals surface area (Å²) in [5, 5.41) is 11.8. The maximum Gasteiger partial charge on any atom is 0.306 e. The number of carboxylic acid groups (broad SMARTS) is 1. The van der Waals surface area contributed by atoms with E-state index in [0.29, 0.717) is 25.3 Å². The van der Waals surface area contributed by atoms with Crippen molar-refractivity contribution in [3.63, 3.8) is 0 Å². The lowest BCUT2D eigenvalue weighted by molar-refractivity contribution is -0.142. The van der Waals surface area contributed by atoms with E-state index in [1.54, 1.807) is 0 Å². The molecule has 1 aliphatic carbocycles. The van der Waals surface area contributed by atoms with Crippen LogP contribution in [0.4, 0.5) is 0 Å². The predicted octanol–water partition coefficient (Wildman–Crippen LogP) is 1.94. The molecule has 1 atom stereocenters. The Morgan fingerprint density at radius 2 is 2.00 bits per heavy atom. The largest absolute Gasteiger partial charge is 0.481 e. The van der Waals surface area contributed by atoms with Crippen LogP contribution >= 0.6 is 0 Å². The van der Waals surface area contributed by atoms with Gasteiger partial charge < -0.3 is 10.4 Å². The highest BCUT2D eigenvalue weighted by Crippen LogP contribution is 2.18. The van der Waals surface area contributed by atoms with Gasteiger partial charge in [0, 0.05) is 12.5 Å². The van der Waals surface area contributed by atoms with E-state index in [2.05, 4.69) is 5.32 Å². The lowest BCUT2D eigenvalue weighted by atomic mass is 10.0. The van der Waals surface area contributed by atoms with Crippen molar-refractivity contribution in [2.75, 3.05) is 0 Å². The molecule has 92 valence electrons. The van der Waals surface area contributed by atoms with E-state index in [1.165, 1.54) is 12.8 Å². The zero-order valence-electron chi connectivity index (χ0n) is 9.87. The zero-order chi connectivity index (χ0) is 12.0. The second-order valence-corrected chi connectivity index (χ2v) is 4.53. The van der Waals surface area contributed by atoms with Crippen LogP contribution in [0.15, 0.2) is 0 Å². The van der Waals surface area contributed by atoms with E-state index in [1.807, 2.05) is 6.92 Å². The van der Waals surface area contributed by atoms with E-state index in [9.17, 15) is 9.59 Å². The van der Waals surface area contributed by atoms with Crippen LogP contribution in [0, 0.1) is 5.92 Å². The molecule has 1 aliphatic rings. The Balaban J connectivity index is 2.20. The van der Waals surface area contributed by atoms with E-state index in [0.717, 1.165) is 12.8 Å². The summed E-state index contributed by atoms with van der Waals surface area (Å²) in [7, 11) is 0. The second kappa shape index (κ2) is 6.51. The van der Waals surface area contributed by atoms with Gasteiger partial charge in [0.15, 0.2) is 0 Å². The van der Waals surface area contributed by atoms with Crippen LogP contribution in [-0.4, -0.2) is 23.0 Å². The molecule has 0 saturated heterocycles. The minimum atomic E-state index is -0.795. The standard InChI is InChI=1S/C12H21NO3/c1-2-9(12(15)16)7-8-11(14)13-10-5-3-4-6-10/h9-10H,2-8H2,1H3,(H,13,14)(H,15,16). The van der Waals surface area contributed by atoms with Crippen LogP contribution in [0.1, 0.15) is 51.9 Å². The summed E-state index contributed by atoms with van der Waals surface area (Å²) in [6, 6.07) is 0.331. The summed E-state index contributed by atoms with van der Waals surface area (Å²) < 4.78 is 0. The highest BCUT2D eigenvalue weighted by molar-refractivity contribution is 5.77. The number of carbonyl (C=O) groups excluding carboxylic acids is 1. The molecule has 0 bridgehead atoms. The van der Waals surface area contributed by atoms with Crippen molar-refractivity contribution in [1.82, 2.24) is 5.32 Å². The Morgan fingerprint density at radius 3 is 2.50 bits per heavy atom. The number of hydrogen-bond acceptors (Lipinski definition) is 2. The fourth-order valence-electron chi connectivity index (χ4n) is 2.18. The lowest BCUT2D eigenvalue weighted by Crippen LogP contribution is -2.33. The molecule has 1 amide bonds. The van der Waals surface area contributed by atoms with Crippen molar-refractivity contribution in [3.8, 4) is 0 Å². The third kappa shape index (κ3) is 4.21. The van der Waals surface area contributed by atoms with Gasteiger partial charge in [0.2, 0.25) is 5.91 Å². The molecule has 2 N–H and O–H groups in total. The quantitative estimate of drug-likeness (QED) is 0.728. The van der Waals surface area contributed by atoms with Gasteiger partial charge in [0.1, 0.15) is 0 Å². The molecule has 0 heterocycles. The molecule has 0 radical (unpaired) electrons. The normalized spacial score (nSPS) is 18.3. The van der Waals surface area contributed by atoms with Gasteiger partial charge in [-0.25, -0.2) is 0 Å². The first kappa shape index (κ1) is 13.0. The fraction of sp³-hybridized carbons (Fsp3) is 0.833. The molecule has 1 fully saturated rings. The third-order valence-electron chi connectivity index (χ3n) is 3.28. The third-order valence-corrected chi connectivity index (χ3v) is 3.28. The molecular weight excluding hydrogens is 206 g/mol. The molecule has 0 aromatic rings. The molecule has 4 nitrogen and oxygen atoms in total. The summed E-state index contributed by atoms with van der Waals surface area (Å²) in [5.74, 6) is -1.17. The number of rotatable bonds is 6. The Labute approximate surface area is 96.4 Å². The van der Waals surface area contributed by atoms with Crippen molar-refractivity contribution in [2.45, 2.75) is 57.9 Å². The number of amides is 1. The van der Waals surface area contributed by atoms with Gasteiger partial charge in [-0.05, 0) is 25.7 Å². The number of carboxylic acids is 1. The maximum atomic E-state index is 11.5. The van der Waals surface area contributed by atoms with Gasteiger partial charge >= 0.3 is 5.97 Å². The highest BCUT2D eigenvalue weighted by atomic mass is 16.4. The summed E-state index contributed by atoms with van der Waals surface area (Å²) in [6.45, 7) is 1.84. The molecule has 4 heteroatoms. The average molecular weight is 227 g/mol. The molecule has 0 aromatic heterocycles. The van der Waals surface area contributed by atoms with Crippen LogP contribution in [0.25, 0.3) is 0 Å². The zero-order valence-corrected chi connectivity index (χ0v) is 9.87. The van der Waals surface area contributed by atoms with Gasteiger partial charge in [-0.1, -0.05) is 19.8 Å². The molecule has 0 aromatic carbocycles. The first-order valence-corrected chi connectivity index (χ1v) is 6.15. The Kier molecular flexibility index (Phi) is 5.29. The molecule has 1 saturated carbocycles. The lowest BCUT2D eigenvalue weighted by Gasteiger charge is -2.13. The highest BCUT2D eigenvalue weighted by Gasteiger charge is 2.19. The molecule has 0 aliphatic heterocycles. The number of hydrogen-bond donors (Lipinski definition) is 2. The number of nitrogens with one attached hydrogen (secondary N) is 1. The Hall–Kier alpha value is -1.06. The van der Waals surface area contributed by atoms with Crippen LogP contribution < -0.4 is 5.32 Å². The van der Waals surface area contributed by atoms with Crippen molar-refractivity contribution >= 4 is 11.9 Å². The van der Waals surface area contributed by atoms with Crippen molar-refractivity contribution in [2.24, 2.45) is 5.92 Å². The van der Waals surface area contributed by atoms with Crippen LogP contribution in [-0.2, 0) is 9.59 Å². The van der Waals surface area contributed by atoms with E-state index in [-0.39, 0.29) is 11.8 Å². The first-order chi connectivity index (χ1) is 7.63. The number of aliphatic carboxylic acids is 1. The van der Waals surface area contributed by atoms with E-state index in [4.69, 9.17) is 5.11 Å². The van der Waals surface area contributed by atoms with Crippen molar-refractivity contribution in [1.29, 1.82) is 0 Å². The summed E-state index contributed by atoms with van der Waals surface area (Å²) in [5.41, 5.74) is 0. The Morgan fingerprint density at radius 1 is 1.38 bits per heavy atom. The van der Waals surface area contributed by atoms with Crippen LogP contribution in [0.3, 0.4) is 0 Å². The van der Waals surface area contributed by atoms with Crippen LogP contribution in [0.2, 0.25) is 0 Å². The predicted molar refractivity (Wildman–Crippen MR) is 61.0 cm³/mol. The molecule has 1 unspecified atom stereocenters. The molecule has 16 heavy (non-hydrogen) atoms. The second-order valence-electron chi connectivity index (χ2n) is 4.53. The SMILES string of the molecule is CCC(CCC(=O)NC1CCCC1)C(=O)O. The monoisotopic (exact) mass is 227 g/mol. The molecular formula is C12H21NO3. The van der Waals surface area contributed by atoms with E-state index >= 15 is 0 Å². The summed E-state index contributed by atoms with van der Waals surface area (Å²) in [6.07, 6.45) is 5.90. The van der Waals surface area contributed by atoms with Crippen molar-refractivity contribution in [3.05, 3.63) is 0 Å². The topological polar surface area (TPSA) is 66.4 Å². The summed E-state index contributed by atoms with van der Waals surface area (Å²) in [4.78, 5) is 22.3.